The Kier molecular flexibility index (Phi) is 4.81. The topological polar surface area (TPSA) is 40.5 Å². The second kappa shape index (κ2) is 6.40. The van der Waals surface area contributed by atoms with Gasteiger partial charge in [0.2, 0.25) is 0 Å². The Hall–Kier alpha value is -1.35. The third kappa shape index (κ3) is 3.60. The first kappa shape index (κ1) is 15.0. The van der Waals surface area contributed by atoms with Gasteiger partial charge in [-0.25, -0.2) is 0 Å². The van der Waals surface area contributed by atoms with E-state index in [1.54, 1.807) is 0 Å². The zero-order chi connectivity index (χ0) is 14.6. The summed E-state index contributed by atoms with van der Waals surface area (Å²) in [5.41, 5.74) is 0.863. The number of likely N-dealkylation sites (tertiary alicyclic amines) is 1. The summed E-state index contributed by atoms with van der Waals surface area (Å²) < 4.78 is 0. The lowest BCUT2D eigenvalue weighted by Crippen LogP contribution is -2.46. The van der Waals surface area contributed by atoms with E-state index in [0.29, 0.717) is 6.04 Å². The molecule has 1 N–H and O–H groups in total. The number of carbonyl (C=O) groups is 1. The Morgan fingerprint density at radius 2 is 1.90 bits per heavy atom. The van der Waals surface area contributed by atoms with Crippen molar-refractivity contribution in [3.63, 3.8) is 0 Å². The van der Waals surface area contributed by atoms with Crippen LogP contribution >= 0.6 is 0 Å². The van der Waals surface area contributed by atoms with Crippen LogP contribution in [0.15, 0.2) is 30.3 Å². The maximum atomic E-state index is 11.2. The fraction of sp³-hybridized carbons (Fsp3) is 0.588. The van der Waals surface area contributed by atoms with Crippen LogP contribution in [0.4, 0.5) is 0 Å². The first-order chi connectivity index (χ1) is 9.51. The van der Waals surface area contributed by atoms with E-state index in [0.717, 1.165) is 38.8 Å². The normalized spacial score (nSPS) is 20.5. The highest BCUT2D eigenvalue weighted by molar-refractivity contribution is 5.74. The largest absolute Gasteiger partial charge is 0.481 e. The summed E-state index contributed by atoms with van der Waals surface area (Å²) in [6, 6.07) is 11.1. The van der Waals surface area contributed by atoms with E-state index >= 15 is 0 Å². The van der Waals surface area contributed by atoms with Crippen molar-refractivity contribution in [1.29, 1.82) is 0 Å². The summed E-state index contributed by atoms with van der Waals surface area (Å²) in [4.78, 5) is 13.7. The van der Waals surface area contributed by atoms with Crippen LogP contribution in [-0.2, 0) is 11.2 Å². The van der Waals surface area contributed by atoms with Crippen molar-refractivity contribution in [3.8, 4) is 0 Å². The minimum Gasteiger partial charge on any atom is -0.481 e. The fourth-order valence-corrected chi connectivity index (χ4v) is 2.87. The molecule has 0 aromatic heterocycles. The minimum atomic E-state index is -0.644. The van der Waals surface area contributed by atoms with Crippen molar-refractivity contribution in [2.75, 3.05) is 13.1 Å². The average Bonchev–Trinajstić information content (AvgIpc) is 2.46. The molecule has 1 atom stereocenters. The molecule has 20 heavy (non-hydrogen) atoms. The number of rotatable bonds is 5. The number of hydrogen-bond donors (Lipinski definition) is 1. The summed E-state index contributed by atoms with van der Waals surface area (Å²) in [7, 11) is 0. The molecule has 0 spiro atoms. The Bertz CT molecular complexity index is 436. The maximum absolute atomic E-state index is 11.2. The molecule has 1 aliphatic rings. The lowest BCUT2D eigenvalue weighted by atomic mass is 9.80. The van der Waals surface area contributed by atoms with Gasteiger partial charge in [-0.05, 0) is 58.2 Å². The SMILES string of the molecule is CC(CCc1ccccc1)N1CCC(C)(C(=O)O)CC1. The van der Waals surface area contributed by atoms with Gasteiger partial charge in [0.05, 0.1) is 5.41 Å². The quantitative estimate of drug-likeness (QED) is 0.897. The Morgan fingerprint density at radius 3 is 2.45 bits per heavy atom. The van der Waals surface area contributed by atoms with E-state index in [1.165, 1.54) is 5.56 Å². The van der Waals surface area contributed by atoms with Crippen molar-refractivity contribution in [1.82, 2.24) is 4.90 Å². The van der Waals surface area contributed by atoms with Gasteiger partial charge < -0.3 is 10.0 Å². The monoisotopic (exact) mass is 275 g/mol. The fourth-order valence-electron chi connectivity index (χ4n) is 2.87. The molecular formula is C17H25NO2. The van der Waals surface area contributed by atoms with Crippen molar-refractivity contribution in [3.05, 3.63) is 35.9 Å². The number of aryl methyl sites for hydroxylation is 1. The summed E-state index contributed by atoms with van der Waals surface area (Å²) in [6.45, 7) is 5.94. The van der Waals surface area contributed by atoms with E-state index in [4.69, 9.17) is 0 Å². The molecule has 0 amide bonds. The first-order valence-electron chi connectivity index (χ1n) is 7.53. The van der Waals surface area contributed by atoms with E-state index in [1.807, 2.05) is 13.0 Å². The number of piperidine rings is 1. The molecule has 0 bridgehead atoms. The molecule has 1 heterocycles. The number of aliphatic carboxylic acids is 1. The highest BCUT2D eigenvalue weighted by Gasteiger charge is 2.37. The van der Waals surface area contributed by atoms with Gasteiger partial charge in [-0.15, -0.1) is 0 Å². The van der Waals surface area contributed by atoms with Crippen molar-refractivity contribution >= 4 is 5.97 Å². The number of carboxylic acid groups (broad SMARTS) is 1. The van der Waals surface area contributed by atoms with Crippen LogP contribution in [0.5, 0.6) is 0 Å². The predicted molar refractivity (Wildman–Crippen MR) is 80.8 cm³/mol. The van der Waals surface area contributed by atoms with Crippen molar-refractivity contribution in [2.45, 2.75) is 45.6 Å². The predicted octanol–water partition coefficient (Wildman–Crippen LogP) is 3.19. The van der Waals surface area contributed by atoms with E-state index in [9.17, 15) is 9.90 Å². The molecule has 1 aromatic rings. The Morgan fingerprint density at radius 1 is 1.30 bits per heavy atom. The van der Waals surface area contributed by atoms with Crippen molar-refractivity contribution in [2.24, 2.45) is 5.41 Å². The van der Waals surface area contributed by atoms with E-state index < -0.39 is 11.4 Å². The third-order valence-corrected chi connectivity index (χ3v) is 4.73. The molecule has 0 aliphatic carbocycles. The molecule has 2 rings (SSSR count). The molecule has 0 saturated carbocycles. The molecule has 3 nitrogen and oxygen atoms in total. The van der Waals surface area contributed by atoms with Crippen LogP contribution in [0.25, 0.3) is 0 Å². The van der Waals surface area contributed by atoms with Gasteiger partial charge in [-0.2, -0.15) is 0 Å². The van der Waals surface area contributed by atoms with Crippen LogP contribution in [0.3, 0.4) is 0 Å². The van der Waals surface area contributed by atoms with Crippen LogP contribution in [0.1, 0.15) is 38.7 Å². The molecular weight excluding hydrogens is 250 g/mol. The van der Waals surface area contributed by atoms with Gasteiger partial charge >= 0.3 is 5.97 Å². The number of carboxylic acids is 1. The molecule has 110 valence electrons. The first-order valence-corrected chi connectivity index (χ1v) is 7.53. The van der Waals surface area contributed by atoms with Gasteiger partial charge in [-0.3, -0.25) is 4.79 Å². The van der Waals surface area contributed by atoms with E-state index in [2.05, 4.69) is 36.1 Å². The van der Waals surface area contributed by atoms with Gasteiger partial charge in [0.1, 0.15) is 0 Å². The lowest BCUT2D eigenvalue weighted by Gasteiger charge is -2.39. The summed E-state index contributed by atoms with van der Waals surface area (Å²) in [5.74, 6) is -0.644. The second-order valence-electron chi connectivity index (χ2n) is 6.28. The molecule has 1 unspecified atom stereocenters. The van der Waals surface area contributed by atoms with E-state index in [-0.39, 0.29) is 0 Å². The third-order valence-electron chi connectivity index (χ3n) is 4.73. The van der Waals surface area contributed by atoms with Crippen LogP contribution < -0.4 is 0 Å². The van der Waals surface area contributed by atoms with Gasteiger partial charge in [0.25, 0.3) is 0 Å². The van der Waals surface area contributed by atoms with Crippen LogP contribution in [0, 0.1) is 5.41 Å². The molecule has 1 fully saturated rings. The number of nitrogens with zero attached hydrogens (tertiary/aromatic N) is 1. The molecule has 1 saturated heterocycles. The zero-order valence-corrected chi connectivity index (χ0v) is 12.5. The smallest absolute Gasteiger partial charge is 0.309 e. The lowest BCUT2D eigenvalue weighted by molar-refractivity contribution is -0.151. The zero-order valence-electron chi connectivity index (χ0n) is 12.5. The molecule has 0 radical (unpaired) electrons. The van der Waals surface area contributed by atoms with Crippen LogP contribution in [-0.4, -0.2) is 35.1 Å². The maximum Gasteiger partial charge on any atom is 0.309 e. The van der Waals surface area contributed by atoms with Gasteiger partial charge in [0, 0.05) is 6.04 Å². The number of hydrogen-bond acceptors (Lipinski definition) is 2. The highest BCUT2D eigenvalue weighted by Crippen LogP contribution is 2.32. The van der Waals surface area contributed by atoms with Gasteiger partial charge in [0.15, 0.2) is 0 Å². The minimum absolute atomic E-state index is 0.518. The van der Waals surface area contributed by atoms with Crippen LogP contribution in [0.2, 0.25) is 0 Å². The van der Waals surface area contributed by atoms with Gasteiger partial charge in [-0.1, -0.05) is 30.3 Å². The average molecular weight is 275 g/mol. The Balaban J connectivity index is 1.80. The standard InChI is InChI=1S/C17H25NO2/c1-14(8-9-15-6-4-3-5-7-15)18-12-10-17(2,11-13-18)16(19)20/h3-7,14H,8-13H2,1-2H3,(H,19,20). The Labute approximate surface area is 121 Å². The summed E-state index contributed by atoms with van der Waals surface area (Å²) >= 11 is 0. The second-order valence-corrected chi connectivity index (χ2v) is 6.28. The highest BCUT2D eigenvalue weighted by atomic mass is 16.4. The summed E-state index contributed by atoms with van der Waals surface area (Å²) in [6.07, 6.45) is 3.75. The molecule has 1 aromatic carbocycles. The number of benzene rings is 1. The molecule has 3 heteroatoms. The summed E-state index contributed by atoms with van der Waals surface area (Å²) in [5, 5.41) is 9.26. The van der Waals surface area contributed by atoms with Crippen molar-refractivity contribution < 1.29 is 9.90 Å². The molecule has 1 aliphatic heterocycles.